The zero-order chi connectivity index (χ0) is 23.2. The summed E-state index contributed by atoms with van der Waals surface area (Å²) in [6, 6.07) is 0. The van der Waals surface area contributed by atoms with Crippen molar-refractivity contribution in [2.24, 2.45) is 11.8 Å². The molecule has 9 nitrogen and oxygen atoms in total. The topological polar surface area (TPSA) is 149 Å². The molecular weight excluding hydrogens is 448 g/mol. The number of hydrogen-bond acceptors (Lipinski definition) is 9. The van der Waals surface area contributed by atoms with Gasteiger partial charge in [0.15, 0.2) is 0 Å². The fourth-order valence-electron chi connectivity index (χ4n) is 3.68. The van der Waals surface area contributed by atoms with Gasteiger partial charge in [-0.15, -0.1) is 0 Å². The van der Waals surface area contributed by atoms with Gasteiger partial charge in [-0.05, 0) is 50.4 Å². The molecular formula is C20H36O9S2. The van der Waals surface area contributed by atoms with E-state index in [9.17, 15) is 9.59 Å². The van der Waals surface area contributed by atoms with Crippen molar-refractivity contribution in [3.63, 3.8) is 0 Å². The third-order valence-corrected chi connectivity index (χ3v) is 5.84. The lowest BCUT2D eigenvalue weighted by Gasteiger charge is -2.22. The monoisotopic (exact) mass is 484 g/mol. The maximum absolute atomic E-state index is 9.29. The number of aliphatic carboxylic acids is 2. The molecule has 0 aromatic carbocycles. The first-order valence-corrected chi connectivity index (χ1v) is 11.9. The largest absolute Gasteiger partial charge is 0.481 e. The van der Waals surface area contributed by atoms with E-state index in [1.54, 1.807) is 0 Å². The lowest BCUT2D eigenvalue weighted by Crippen LogP contribution is -2.22. The first-order valence-electron chi connectivity index (χ1n) is 10.6. The zero-order valence-corrected chi connectivity index (χ0v) is 19.5. The lowest BCUT2D eigenvalue weighted by atomic mass is 9.89. The Labute approximate surface area is 194 Å². The molecule has 2 aliphatic heterocycles. The Hall–Kier alpha value is -0.560. The summed E-state index contributed by atoms with van der Waals surface area (Å²) in [5, 5.41) is 30.5. The number of aliphatic hydroxyl groups excluding tert-OH is 2. The normalized spacial score (nSPS) is 31.6. The maximum atomic E-state index is 9.29. The van der Waals surface area contributed by atoms with Crippen LogP contribution < -0.4 is 0 Å². The van der Waals surface area contributed by atoms with Gasteiger partial charge in [0.2, 0.25) is 0 Å². The molecule has 6 unspecified atom stereocenters. The Morgan fingerprint density at radius 3 is 1.35 bits per heavy atom. The van der Waals surface area contributed by atoms with Gasteiger partial charge in [-0.3, -0.25) is 9.59 Å². The Morgan fingerprint density at radius 2 is 1.10 bits per heavy atom. The van der Waals surface area contributed by atoms with Crippen molar-refractivity contribution in [1.82, 2.24) is 0 Å². The first kappa shape index (κ1) is 28.5. The number of carbonyl (C=O) groups is 2. The predicted octanol–water partition coefficient (Wildman–Crippen LogP) is 1.11. The standard InChI is InChI=1S/C14H22O3.2C2H4O2S.C2H6O2/c1-3-11-13(16-11)5-9(1)7-15-8-10-2-4-12-14(6-10)17-12;2*3-2(4)1-5;3-1-2-4/h9-14H,1-8H2;2*5H,1H2,(H,3,4);3-4H,1-2H2. The zero-order valence-electron chi connectivity index (χ0n) is 17.7. The number of ether oxygens (including phenoxy) is 3. The van der Waals surface area contributed by atoms with Crippen LogP contribution in [0.1, 0.15) is 38.5 Å². The minimum Gasteiger partial charge on any atom is -0.481 e. The molecule has 0 spiro atoms. The summed E-state index contributed by atoms with van der Waals surface area (Å²) in [5.74, 6) is -0.416. The molecule has 4 fully saturated rings. The number of fused-ring (bicyclic) bond motifs is 2. The molecule has 31 heavy (non-hydrogen) atoms. The van der Waals surface area contributed by atoms with E-state index in [2.05, 4.69) is 25.3 Å². The summed E-state index contributed by atoms with van der Waals surface area (Å²) in [5.41, 5.74) is 0. The van der Waals surface area contributed by atoms with Gasteiger partial charge in [-0.2, -0.15) is 25.3 Å². The second kappa shape index (κ2) is 16.1. The van der Waals surface area contributed by atoms with Crippen LogP contribution in [0.15, 0.2) is 0 Å². The average molecular weight is 485 g/mol. The minimum absolute atomic E-state index is 0.0833. The maximum Gasteiger partial charge on any atom is 0.313 e. The molecule has 2 saturated heterocycles. The summed E-state index contributed by atoms with van der Waals surface area (Å²) in [6.07, 6.45) is 10.0. The van der Waals surface area contributed by atoms with Gasteiger partial charge in [0.05, 0.1) is 49.1 Å². The Morgan fingerprint density at radius 1 is 0.742 bits per heavy atom. The highest BCUT2D eigenvalue weighted by molar-refractivity contribution is 7.81. The van der Waals surface area contributed by atoms with E-state index < -0.39 is 11.9 Å². The van der Waals surface area contributed by atoms with Crippen LogP contribution in [-0.4, -0.2) is 94.7 Å². The summed E-state index contributed by atoms with van der Waals surface area (Å²) in [6.45, 7) is 1.66. The number of epoxide rings is 2. The van der Waals surface area contributed by atoms with Gasteiger partial charge in [0.25, 0.3) is 0 Å². The molecule has 11 heteroatoms. The fourth-order valence-corrected chi connectivity index (χ4v) is 3.68. The molecule has 0 aromatic heterocycles. The van der Waals surface area contributed by atoms with E-state index in [4.69, 9.17) is 34.6 Å². The fraction of sp³-hybridized carbons (Fsp3) is 0.900. The number of carboxylic acid groups (broad SMARTS) is 2. The molecule has 6 atom stereocenters. The smallest absolute Gasteiger partial charge is 0.313 e. The van der Waals surface area contributed by atoms with Gasteiger partial charge in [0, 0.05) is 13.2 Å². The van der Waals surface area contributed by atoms with Crippen molar-refractivity contribution < 1.29 is 44.2 Å². The van der Waals surface area contributed by atoms with E-state index in [1.165, 1.54) is 38.5 Å². The van der Waals surface area contributed by atoms with Crippen LogP contribution in [0.25, 0.3) is 0 Å². The van der Waals surface area contributed by atoms with Gasteiger partial charge < -0.3 is 34.6 Å². The Balaban J connectivity index is 0.000000286. The van der Waals surface area contributed by atoms with Crippen molar-refractivity contribution >= 4 is 37.2 Å². The van der Waals surface area contributed by atoms with Crippen LogP contribution in [0.5, 0.6) is 0 Å². The van der Waals surface area contributed by atoms with Gasteiger partial charge >= 0.3 is 11.9 Å². The lowest BCUT2D eigenvalue weighted by molar-refractivity contribution is -0.134. The molecule has 0 aromatic rings. The Kier molecular flexibility index (Phi) is 14.8. The second-order valence-corrected chi connectivity index (χ2v) is 8.50. The predicted molar refractivity (Wildman–Crippen MR) is 120 cm³/mol. The highest BCUT2D eigenvalue weighted by Crippen LogP contribution is 2.41. The quantitative estimate of drug-likeness (QED) is 0.231. The van der Waals surface area contributed by atoms with Crippen LogP contribution in [0, 0.1) is 11.8 Å². The third-order valence-electron chi connectivity index (χ3n) is 5.30. The van der Waals surface area contributed by atoms with Crippen molar-refractivity contribution in [1.29, 1.82) is 0 Å². The van der Waals surface area contributed by atoms with Crippen molar-refractivity contribution in [2.45, 2.75) is 62.9 Å². The molecule has 2 aliphatic carbocycles. The van der Waals surface area contributed by atoms with E-state index >= 15 is 0 Å². The number of hydrogen-bond donors (Lipinski definition) is 6. The SMILES string of the molecule is C1CC2OC2CC1COCC1CCC2OC2C1.O=C(O)CS.O=C(O)CS.OCCO. The molecule has 0 amide bonds. The molecule has 182 valence electrons. The third kappa shape index (κ3) is 13.6. The number of rotatable bonds is 7. The van der Waals surface area contributed by atoms with Crippen LogP contribution in [0.2, 0.25) is 0 Å². The molecule has 2 saturated carbocycles. The van der Waals surface area contributed by atoms with Crippen molar-refractivity contribution in [3.05, 3.63) is 0 Å². The Bertz CT molecular complexity index is 479. The second-order valence-electron chi connectivity index (χ2n) is 7.87. The van der Waals surface area contributed by atoms with Gasteiger partial charge in [-0.25, -0.2) is 0 Å². The average Bonchev–Trinajstić information content (AvgIpc) is 3.68. The van der Waals surface area contributed by atoms with E-state index in [0.717, 1.165) is 25.0 Å². The van der Waals surface area contributed by atoms with E-state index in [0.29, 0.717) is 24.4 Å². The number of thiol groups is 2. The molecule has 4 rings (SSSR count). The summed E-state index contributed by atoms with van der Waals surface area (Å²) < 4.78 is 17.0. The van der Waals surface area contributed by atoms with E-state index in [1.807, 2.05) is 0 Å². The summed E-state index contributed by atoms with van der Waals surface area (Å²) >= 11 is 6.83. The highest BCUT2D eigenvalue weighted by Gasteiger charge is 2.45. The summed E-state index contributed by atoms with van der Waals surface area (Å²) in [7, 11) is 0. The van der Waals surface area contributed by atoms with Crippen LogP contribution >= 0.6 is 25.3 Å². The van der Waals surface area contributed by atoms with E-state index in [-0.39, 0.29) is 24.7 Å². The molecule has 4 N–H and O–H groups in total. The molecule has 4 aliphatic rings. The van der Waals surface area contributed by atoms with Crippen LogP contribution in [-0.2, 0) is 23.8 Å². The molecule has 0 bridgehead atoms. The first-order chi connectivity index (χ1) is 14.8. The molecule has 2 heterocycles. The van der Waals surface area contributed by atoms with Gasteiger partial charge in [0.1, 0.15) is 0 Å². The minimum atomic E-state index is -0.881. The number of carboxylic acids is 2. The van der Waals surface area contributed by atoms with Crippen molar-refractivity contribution in [2.75, 3.05) is 37.9 Å². The van der Waals surface area contributed by atoms with Crippen LogP contribution in [0.3, 0.4) is 0 Å². The molecule has 0 radical (unpaired) electrons. The van der Waals surface area contributed by atoms with Crippen molar-refractivity contribution in [3.8, 4) is 0 Å². The van der Waals surface area contributed by atoms with Gasteiger partial charge in [-0.1, -0.05) is 0 Å². The summed E-state index contributed by atoms with van der Waals surface area (Å²) in [4.78, 5) is 18.6. The number of aliphatic hydroxyl groups is 2. The van der Waals surface area contributed by atoms with Crippen LogP contribution in [0.4, 0.5) is 0 Å². The highest BCUT2D eigenvalue weighted by atomic mass is 32.1.